The third kappa shape index (κ3) is 3.92. The lowest BCUT2D eigenvalue weighted by molar-refractivity contribution is 0.102. The molecule has 0 saturated heterocycles. The van der Waals surface area contributed by atoms with Crippen molar-refractivity contribution in [1.82, 2.24) is 18.7 Å². The number of fused-ring (bicyclic) bond motifs is 3. The van der Waals surface area contributed by atoms with Gasteiger partial charge in [-0.15, -0.1) is 11.3 Å². The summed E-state index contributed by atoms with van der Waals surface area (Å²) in [4.78, 5) is 58.4. The van der Waals surface area contributed by atoms with Crippen LogP contribution in [0.3, 0.4) is 0 Å². The number of hydrogen-bond acceptors (Lipinski definition) is 8. The lowest BCUT2D eigenvalue weighted by atomic mass is 9.97. The first-order valence-corrected chi connectivity index (χ1v) is 13.3. The number of carbonyl (C=O) groups is 1. The molecule has 0 atom stereocenters. The van der Waals surface area contributed by atoms with E-state index in [1.165, 1.54) is 19.0 Å². The molecule has 0 amide bonds. The quantitative estimate of drug-likeness (QED) is 0.242. The highest BCUT2D eigenvalue weighted by atomic mass is 32.2. The highest BCUT2D eigenvalue weighted by molar-refractivity contribution is 7.99. The SMILES string of the molecule is Cc1ccc(-n2c(SCC(=O)c3c(N)n(C)c(=O)n(C)c3=O)nc3sc4c(c3c2=O)CCCC4)cc1. The van der Waals surface area contributed by atoms with Crippen molar-refractivity contribution in [2.24, 2.45) is 14.1 Å². The lowest BCUT2D eigenvalue weighted by Gasteiger charge is -2.14. The molecule has 0 fully saturated rings. The molecular formula is C25H25N5O4S2. The molecule has 0 aliphatic heterocycles. The molecule has 0 radical (unpaired) electrons. The van der Waals surface area contributed by atoms with Crippen LogP contribution in [0.25, 0.3) is 15.9 Å². The Bertz CT molecular complexity index is 1710. The fourth-order valence-electron chi connectivity index (χ4n) is 4.53. The molecule has 1 aliphatic rings. The first-order chi connectivity index (χ1) is 17.2. The number of benzene rings is 1. The Balaban J connectivity index is 1.62. The van der Waals surface area contributed by atoms with Gasteiger partial charge in [0.25, 0.3) is 11.1 Å². The number of thiophene rings is 1. The molecule has 3 aromatic heterocycles. The van der Waals surface area contributed by atoms with E-state index in [0.29, 0.717) is 21.1 Å². The van der Waals surface area contributed by atoms with E-state index in [1.54, 1.807) is 15.9 Å². The molecule has 0 saturated carbocycles. The van der Waals surface area contributed by atoms with Gasteiger partial charge in [-0.05, 0) is 50.3 Å². The Hall–Kier alpha value is -3.44. The summed E-state index contributed by atoms with van der Waals surface area (Å²) in [5.41, 5.74) is 7.01. The number of carbonyl (C=O) groups excluding carboxylic acids is 1. The Kier molecular flexibility index (Phi) is 6.21. The third-order valence-corrected chi connectivity index (χ3v) is 8.70. The monoisotopic (exact) mass is 523 g/mol. The Labute approximate surface area is 214 Å². The summed E-state index contributed by atoms with van der Waals surface area (Å²) in [6.07, 6.45) is 3.94. The zero-order valence-corrected chi connectivity index (χ0v) is 21.8. The van der Waals surface area contributed by atoms with Crippen LogP contribution in [0.15, 0.2) is 43.8 Å². The smallest absolute Gasteiger partial charge is 0.332 e. The number of Topliss-reactive ketones (excluding diaryl/α,β-unsaturated/α-hetero) is 1. The normalized spacial score (nSPS) is 13.2. The number of nitrogens with zero attached hydrogens (tertiary/aromatic N) is 4. The largest absolute Gasteiger partial charge is 0.384 e. The van der Waals surface area contributed by atoms with Crippen LogP contribution in [-0.4, -0.2) is 30.2 Å². The number of hydrogen-bond donors (Lipinski definition) is 1. The van der Waals surface area contributed by atoms with E-state index in [-0.39, 0.29) is 22.7 Å². The summed E-state index contributed by atoms with van der Waals surface area (Å²) in [5.74, 6) is -0.894. The van der Waals surface area contributed by atoms with Gasteiger partial charge < -0.3 is 5.73 Å². The Morgan fingerprint density at radius 3 is 2.47 bits per heavy atom. The van der Waals surface area contributed by atoms with Crippen molar-refractivity contribution in [3.05, 3.63) is 77.0 Å². The lowest BCUT2D eigenvalue weighted by Crippen LogP contribution is -2.41. The van der Waals surface area contributed by atoms with E-state index in [1.807, 2.05) is 31.2 Å². The Morgan fingerprint density at radius 2 is 1.75 bits per heavy atom. The summed E-state index contributed by atoms with van der Waals surface area (Å²) in [7, 11) is 2.71. The number of rotatable bonds is 5. The number of thioether (sulfide) groups is 1. The molecule has 0 spiro atoms. The summed E-state index contributed by atoms with van der Waals surface area (Å²) >= 11 is 2.62. The molecule has 9 nitrogen and oxygen atoms in total. The second-order valence-corrected chi connectivity index (χ2v) is 11.0. The van der Waals surface area contributed by atoms with Crippen molar-refractivity contribution >= 4 is 44.9 Å². The van der Waals surface area contributed by atoms with E-state index in [9.17, 15) is 19.2 Å². The van der Waals surface area contributed by atoms with E-state index >= 15 is 0 Å². The third-order valence-electron chi connectivity index (χ3n) is 6.57. The van der Waals surface area contributed by atoms with E-state index < -0.39 is 17.0 Å². The fraction of sp³-hybridized carbons (Fsp3) is 0.320. The predicted molar refractivity (Wildman–Crippen MR) is 143 cm³/mol. The van der Waals surface area contributed by atoms with Crippen LogP contribution in [-0.2, 0) is 26.9 Å². The first kappa shape index (κ1) is 24.3. The maximum atomic E-state index is 13.8. The molecule has 11 heteroatoms. The number of aromatic nitrogens is 4. The van der Waals surface area contributed by atoms with Gasteiger partial charge >= 0.3 is 5.69 Å². The zero-order chi connectivity index (χ0) is 25.7. The highest BCUT2D eigenvalue weighted by Gasteiger charge is 2.25. The minimum Gasteiger partial charge on any atom is -0.384 e. The van der Waals surface area contributed by atoms with Gasteiger partial charge in [0, 0.05) is 19.0 Å². The van der Waals surface area contributed by atoms with Crippen molar-refractivity contribution in [3.63, 3.8) is 0 Å². The van der Waals surface area contributed by atoms with Gasteiger partial charge in [0.05, 0.1) is 16.8 Å². The van der Waals surface area contributed by atoms with Gasteiger partial charge in [0.15, 0.2) is 10.9 Å². The zero-order valence-electron chi connectivity index (χ0n) is 20.2. The average Bonchev–Trinajstić information content (AvgIpc) is 3.24. The molecule has 2 N–H and O–H groups in total. The Morgan fingerprint density at radius 1 is 1.06 bits per heavy atom. The van der Waals surface area contributed by atoms with Crippen LogP contribution in [0, 0.1) is 6.92 Å². The second-order valence-electron chi connectivity index (χ2n) is 8.94. The summed E-state index contributed by atoms with van der Waals surface area (Å²) in [5, 5.41) is 1.02. The molecule has 1 aromatic carbocycles. The van der Waals surface area contributed by atoms with Crippen molar-refractivity contribution in [2.75, 3.05) is 11.5 Å². The molecule has 3 heterocycles. The molecule has 186 valence electrons. The van der Waals surface area contributed by atoms with E-state index in [4.69, 9.17) is 10.7 Å². The number of aryl methyl sites for hydroxylation is 3. The predicted octanol–water partition coefficient (Wildman–Crippen LogP) is 2.59. The van der Waals surface area contributed by atoms with Gasteiger partial charge in [-0.1, -0.05) is 29.5 Å². The van der Waals surface area contributed by atoms with E-state index in [2.05, 4.69) is 0 Å². The van der Waals surface area contributed by atoms with Crippen molar-refractivity contribution in [3.8, 4) is 5.69 Å². The van der Waals surface area contributed by atoms with Gasteiger partial charge in [-0.2, -0.15) is 0 Å². The summed E-state index contributed by atoms with van der Waals surface area (Å²) in [6, 6.07) is 7.55. The first-order valence-electron chi connectivity index (χ1n) is 11.5. The van der Waals surface area contributed by atoms with Crippen LogP contribution < -0.4 is 22.5 Å². The van der Waals surface area contributed by atoms with Gasteiger partial charge in [0.2, 0.25) is 0 Å². The molecule has 4 aromatic rings. The molecule has 5 rings (SSSR count). The second kappa shape index (κ2) is 9.21. The van der Waals surface area contributed by atoms with Crippen LogP contribution in [0.4, 0.5) is 5.82 Å². The summed E-state index contributed by atoms with van der Waals surface area (Å²) < 4.78 is 3.47. The molecule has 1 aliphatic carbocycles. The molecule has 0 unspecified atom stereocenters. The number of nitrogen functional groups attached to an aromatic ring is 1. The van der Waals surface area contributed by atoms with Crippen LogP contribution >= 0.6 is 23.1 Å². The van der Waals surface area contributed by atoms with Crippen LogP contribution in [0.2, 0.25) is 0 Å². The number of anilines is 1. The number of ketones is 1. The number of nitrogens with two attached hydrogens (primary N) is 1. The minimum absolute atomic E-state index is 0.157. The van der Waals surface area contributed by atoms with Crippen LogP contribution in [0.5, 0.6) is 0 Å². The maximum Gasteiger partial charge on any atom is 0.332 e. The maximum absolute atomic E-state index is 13.8. The molecule has 0 bridgehead atoms. The standard InChI is InChI=1S/C25H25N5O4S2/c1-13-8-10-14(11-9-13)30-23(33)18-15-6-4-5-7-17(15)36-21(18)27-24(30)35-12-16(31)19-20(26)28(2)25(34)29(3)22(19)32/h8-11H,4-7,12,26H2,1-3H3. The average molecular weight is 524 g/mol. The van der Waals surface area contributed by atoms with Crippen LogP contribution in [0.1, 0.15) is 39.2 Å². The van der Waals surface area contributed by atoms with Gasteiger partial charge in [-0.25, -0.2) is 9.78 Å². The molecule has 36 heavy (non-hydrogen) atoms. The minimum atomic E-state index is -0.744. The summed E-state index contributed by atoms with van der Waals surface area (Å²) in [6.45, 7) is 1.97. The van der Waals surface area contributed by atoms with Crippen molar-refractivity contribution in [1.29, 1.82) is 0 Å². The van der Waals surface area contributed by atoms with Crippen molar-refractivity contribution in [2.45, 2.75) is 37.8 Å². The van der Waals surface area contributed by atoms with Gasteiger partial charge in [0.1, 0.15) is 16.2 Å². The fourth-order valence-corrected chi connectivity index (χ4v) is 6.72. The highest BCUT2D eigenvalue weighted by Crippen LogP contribution is 2.35. The van der Waals surface area contributed by atoms with Gasteiger partial charge in [-0.3, -0.25) is 28.1 Å². The van der Waals surface area contributed by atoms with Crippen molar-refractivity contribution < 1.29 is 4.79 Å². The molecular weight excluding hydrogens is 498 g/mol. The van der Waals surface area contributed by atoms with E-state index in [0.717, 1.165) is 57.7 Å². The topological polar surface area (TPSA) is 122 Å².